The minimum absolute atomic E-state index is 0.0555. The lowest BCUT2D eigenvalue weighted by molar-refractivity contribution is 0.514. The van der Waals surface area contributed by atoms with Crippen LogP contribution in [0.25, 0.3) is 39.3 Å². The van der Waals surface area contributed by atoms with Gasteiger partial charge in [-0.1, -0.05) is 60.6 Å². The van der Waals surface area contributed by atoms with Gasteiger partial charge in [0.25, 0.3) is 0 Å². The van der Waals surface area contributed by atoms with Crippen molar-refractivity contribution in [3.05, 3.63) is 83.9 Å². The van der Waals surface area contributed by atoms with Crippen LogP contribution in [0.15, 0.2) is 73.3 Å². The first-order valence-corrected chi connectivity index (χ1v) is 8.23. The average molecular weight is 347 g/mol. The van der Waals surface area contributed by atoms with E-state index < -0.39 is 0 Å². The molecule has 4 heteroatoms. The molecule has 0 aliphatic heterocycles. The summed E-state index contributed by atoms with van der Waals surface area (Å²) in [5.41, 5.74) is 5.37. The average Bonchev–Trinajstić information content (AvgIpc) is 3.05. The van der Waals surface area contributed by atoms with E-state index in [1.165, 1.54) is 0 Å². The number of aliphatic hydroxyl groups is 1. The standard InChI is InChI=1S/C21H15ClN2O/c1-13(25)17-7-2-3-8-18(17)14-9-10-19-20(12-14)24-21(23-19)15-5-4-6-16(22)11-15/h2-12,25H,1H2,(H,23,24). The smallest absolute Gasteiger partial charge is 0.138 e. The van der Waals surface area contributed by atoms with Crippen LogP contribution >= 0.6 is 11.6 Å². The second-order valence-corrected chi connectivity index (χ2v) is 6.26. The maximum Gasteiger partial charge on any atom is 0.138 e. The third-order valence-electron chi connectivity index (χ3n) is 4.13. The van der Waals surface area contributed by atoms with E-state index in [0.717, 1.165) is 39.1 Å². The zero-order chi connectivity index (χ0) is 17.4. The summed E-state index contributed by atoms with van der Waals surface area (Å²) >= 11 is 6.07. The van der Waals surface area contributed by atoms with E-state index in [1.54, 1.807) is 0 Å². The summed E-state index contributed by atoms with van der Waals surface area (Å²) in [4.78, 5) is 7.98. The van der Waals surface area contributed by atoms with E-state index in [-0.39, 0.29) is 5.76 Å². The van der Waals surface area contributed by atoms with Crippen LogP contribution in [0.3, 0.4) is 0 Å². The number of nitrogens with zero attached hydrogens (tertiary/aromatic N) is 1. The lowest BCUT2D eigenvalue weighted by Gasteiger charge is -2.08. The number of benzene rings is 3. The first kappa shape index (κ1) is 15.5. The molecule has 0 saturated heterocycles. The van der Waals surface area contributed by atoms with E-state index >= 15 is 0 Å². The van der Waals surface area contributed by atoms with Crippen LogP contribution in [0.2, 0.25) is 5.02 Å². The maximum absolute atomic E-state index is 9.83. The zero-order valence-electron chi connectivity index (χ0n) is 13.3. The molecule has 1 aromatic heterocycles. The Bertz CT molecular complexity index is 1100. The summed E-state index contributed by atoms with van der Waals surface area (Å²) in [6.07, 6.45) is 0. The van der Waals surface area contributed by atoms with E-state index in [1.807, 2.05) is 66.7 Å². The van der Waals surface area contributed by atoms with Crippen molar-refractivity contribution in [1.29, 1.82) is 0 Å². The van der Waals surface area contributed by atoms with Gasteiger partial charge in [0.05, 0.1) is 11.0 Å². The van der Waals surface area contributed by atoms with Gasteiger partial charge in [-0.3, -0.25) is 0 Å². The van der Waals surface area contributed by atoms with Gasteiger partial charge in [-0.25, -0.2) is 4.98 Å². The number of nitrogens with one attached hydrogen (secondary N) is 1. The van der Waals surface area contributed by atoms with Crippen LogP contribution in [0, 0.1) is 0 Å². The number of imidazole rings is 1. The van der Waals surface area contributed by atoms with Crippen LogP contribution in [-0.2, 0) is 0 Å². The topological polar surface area (TPSA) is 48.9 Å². The Hall–Kier alpha value is -3.04. The lowest BCUT2D eigenvalue weighted by Crippen LogP contribution is -1.87. The first-order valence-electron chi connectivity index (χ1n) is 7.85. The number of aliphatic hydroxyl groups excluding tert-OH is 1. The fourth-order valence-electron chi connectivity index (χ4n) is 2.94. The van der Waals surface area contributed by atoms with Crippen LogP contribution < -0.4 is 0 Å². The predicted molar refractivity (Wildman–Crippen MR) is 104 cm³/mol. The van der Waals surface area contributed by atoms with Crippen LogP contribution in [0.5, 0.6) is 0 Å². The second-order valence-electron chi connectivity index (χ2n) is 5.82. The van der Waals surface area contributed by atoms with Gasteiger partial charge < -0.3 is 10.1 Å². The van der Waals surface area contributed by atoms with Gasteiger partial charge in [-0.2, -0.15) is 0 Å². The molecule has 0 radical (unpaired) electrons. The predicted octanol–water partition coefficient (Wildman–Crippen LogP) is 6.08. The van der Waals surface area contributed by atoms with Gasteiger partial charge in [0.2, 0.25) is 0 Å². The molecule has 0 unspecified atom stereocenters. The third-order valence-corrected chi connectivity index (χ3v) is 4.36. The molecule has 0 fully saturated rings. The quantitative estimate of drug-likeness (QED) is 0.442. The largest absolute Gasteiger partial charge is 0.508 e. The molecule has 2 N–H and O–H groups in total. The van der Waals surface area contributed by atoms with Crippen molar-refractivity contribution in [3.63, 3.8) is 0 Å². The summed E-state index contributed by atoms with van der Waals surface area (Å²) in [5, 5.41) is 10.5. The number of H-pyrrole nitrogens is 1. The summed E-state index contributed by atoms with van der Waals surface area (Å²) < 4.78 is 0. The van der Waals surface area contributed by atoms with Crippen molar-refractivity contribution in [2.45, 2.75) is 0 Å². The molecule has 122 valence electrons. The number of hydrogen-bond acceptors (Lipinski definition) is 2. The highest BCUT2D eigenvalue weighted by Crippen LogP contribution is 2.30. The van der Waals surface area contributed by atoms with E-state index in [0.29, 0.717) is 5.02 Å². The highest BCUT2D eigenvalue weighted by Gasteiger charge is 2.10. The Morgan fingerprint density at radius 1 is 0.960 bits per heavy atom. The molecule has 0 bridgehead atoms. The molecule has 4 rings (SSSR count). The minimum Gasteiger partial charge on any atom is -0.508 e. The monoisotopic (exact) mass is 346 g/mol. The zero-order valence-corrected chi connectivity index (χ0v) is 14.1. The fourth-order valence-corrected chi connectivity index (χ4v) is 3.13. The highest BCUT2D eigenvalue weighted by molar-refractivity contribution is 6.30. The molecular formula is C21H15ClN2O. The molecule has 1 heterocycles. The molecule has 4 aromatic rings. The molecule has 0 amide bonds. The number of rotatable bonds is 3. The molecule has 3 aromatic carbocycles. The van der Waals surface area contributed by atoms with Gasteiger partial charge in [-0.05, 0) is 35.4 Å². The number of hydrogen-bond donors (Lipinski definition) is 2. The number of aromatic amines is 1. The molecule has 25 heavy (non-hydrogen) atoms. The Morgan fingerprint density at radius 2 is 1.80 bits per heavy atom. The molecular weight excluding hydrogens is 332 g/mol. The highest BCUT2D eigenvalue weighted by atomic mass is 35.5. The van der Waals surface area contributed by atoms with E-state index in [2.05, 4.69) is 16.5 Å². The summed E-state index contributed by atoms with van der Waals surface area (Å²) in [6, 6.07) is 21.2. The Morgan fingerprint density at radius 3 is 2.60 bits per heavy atom. The lowest BCUT2D eigenvalue weighted by atomic mass is 9.98. The van der Waals surface area contributed by atoms with Crippen molar-refractivity contribution in [1.82, 2.24) is 9.97 Å². The Kier molecular flexibility index (Phi) is 3.79. The number of halogens is 1. The van der Waals surface area contributed by atoms with E-state index in [4.69, 9.17) is 11.6 Å². The third kappa shape index (κ3) is 2.90. The van der Waals surface area contributed by atoms with Crippen molar-refractivity contribution in [2.75, 3.05) is 0 Å². The second kappa shape index (κ2) is 6.11. The number of aromatic nitrogens is 2. The SMILES string of the molecule is C=C(O)c1ccccc1-c1ccc2nc(-c3cccc(Cl)c3)[nH]c2c1. The van der Waals surface area contributed by atoms with Crippen LogP contribution in [-0.4, -0.2) is 15.1 Å². The van der Waals surface area contributed by atoms with Crippen molar-refractivity contribution < 1.29 is 5.11 Å². The molecule has 0 aliphatic rings. The molecule has 0 atom stereocenters. The van der Waals surface area contributed by atoms with Crippen molar-refractivity contribution in [3.8, 4) is 22.5 Å². The normalized spacial score (nSPS) is 10.9. The summed E-state index contributed by atoms with van der Waals surface area (Å²) in [7, 11) is 0. The molecule has 0 spiro atoms. The Labute approximate surface area is 150 Å². The van der Waals surface area contributed by atoms with Crippen LogP contribution in [0.4, 0.5) is 0 Å². The fraction of sp³-hybridized carbons (Fsp3) is 0. The van der Waals surface area contributed by atoms with Crippen LogP contribution in [0.1, 0.15) is 5.56 Å². The Balaban J connectivity index is 1.83. The van der Waals surface area contributed by atoms with Gasteiger partial charge >= 0.3 is 0 Å². The van der Waals surface area contributed by atoms with Crippen molar-refractivity contribution >= 4 is 28.4 Å². The maximum atomic E-state index is 9.83. The van der Waals surface area contributed by atoms with Gasteiger partial charge in [0.15, 0.2) is 0 Å². The molecule has 0 saturated carbocycles. The minimum atomic E-state index is 0.0555. The van der Waals surface area contributed by atoms with Crippen molar-refractivity contribution in [2.24, 2.45) is 0 Å². The van der Waals surface area contributed by atoms with E-state index in [9.17, 15) is 5.11 Å². The number of fused-ring (bicyclic) bond motifs is 1. The molecule has 0 aliphatic carbocycles. The van der Waals surface area contributed by atoms with Gasteiger partial charge in [0, 0.05) is 16.1 Å². The van der Waals surface area contributed by atoms with Gasteiger partial charge in [-0.15, -0.1) is 0 Å². The molecule has 3 nitrogen and oxygen atoms in total. The first-order chi connectivity index (χ1) is 12.1. The summed E-state index contributed by atoms with van der Waals surface area (Å²) in [5.74, 6) is 0.828. The summed E-state index contributed by atoms with van der Waals surface area (Å²) in [6.45, 7) is 3.65. The van der Waals surface area contributed by atoms with Gasteiger partial charge in [0.1, 0.15) is 11.6 Å².